The maximum atomic E-state index is 15.4. The first kappa shape index (κ1) is 39.2. The van der Waals surface area contributed by atoms with Crippen LogP contribution in [0, 0.1) is 11.8 Å². The molecule has 3 aliphatic heterocycles. The maximum Gasteiger partial charge on any atom is 0.264 e. The number of rotatable bonds is 12. The summed E-state index contributed by atoms with van der Waals surface area (Å²) in [5.41, 5.74) is 4.86. The van der Waals surface area contributed by atoms with Crippen LogP contribution in [-0.2, 0) is 38.4 Å². The fourth-order valence-electron chi connectivity index (χ4n) is 10.2. The van der Waals surface area contributed by atoms with Crippen molar-refractivity contribution in [3.8, 4) is 5.75 Å². The molecule has 6 aromatic rings. The van der Waals surface area contributed by atoms with Crippen LogP contribution in [0.2, 0.25) is 0 Å². The third-order valence-corrected chi connectivity index (χ3v) is 13.1. The number of aliphatic hydroxyl groups is 1. The molecule has 4 atom stereocenters. The van der Waals surface area contributed by atoms with Crippen LogP contribution in [-0.4, -0.2) is 54.1 Å². The molecule has 3 heterocycles. The highest BCUT2D eigenvalue weighted by Gasteiger charge is 2.66. The number of hydrogen-bond donors (Lipinski definition) is 1. The summed E-state index contributed by atoms with van der Waals surface area (Å²) in [6.45, 7) is 7.06. The maximum absolute atomic E-state index is 15.4. The lowest BCUT2D eigenvalue weighted by atomic mass is 9.63. The van der Waals surface area contributed by atoms with Crippen LogP contribution in [0.4, 0.5) is 17.1 Å². The molecule has 60 heavy (non-hydrogen) atoms. The molecular formula is C51H49N3O6. The molecule has 0 aliphatic carbocycles. The summed E-state index contributed by atoms with van der Waals surface area (Å²) in [5, 5.41) is 12.0. The van der Waals surface area contributed by atoms with Gasteiger partial charge in [-0.2, -0.15) is 0 Å². The Bertz CT molecular complexity index is 2590. The lowest BCUT2D eigenvalue weighted by Gasteiger charge is -2.39. The van der Waals surface area contributed by atoms with Crippen molar-refractivity contribution in [3.63, 3.8) is 0 Å². The fraction of sp³-hybridized carbons (Fsp3) is 0.275. The van der Waals surface area contributed by atoms with E-state index >= 15 is 4.79 Å². The van der Waals surface area contributed by atoms with Gasteiger partial charge in [-0.15, -0.1) is 0 Å². The van der Waals surface area contributed by atoms with E-state index in [1.54, 1.807) is 16.9 Å². The first-order valence-corrected chi connectivity index (χ1v) is 20.7. The van der Waals surface area contributed by atoms with Crippen LogP contribution < -0.4 is 14.5 Å². The van der Waals surface area contributed by atoms with E-state index in [0.717, 1.165) is 55.8 Å². The molecule has 1 saturated heterocycles. The Labute approximate surface area is 350 Å². The average molecular weight is 800 g/mol. The predicted molar refractivity (Wildman–Crippen MR) is 233 cm³/mol. The molecule has 9 nitrogen and oxygen atoms in total. The van der Waals surface area contributed by atoms with Crippen LogP contribution in [0.1, 0.15) is 59.8 Å². The van der Waals surface area contributed by atoms with Gasteiger partial charge in [0, 0.05) is 41.6 Å². The van der Waals surface area contributed by atoms with E-state index in [4.69, 9.17) is 9.47 Å². The molecule has 0 aromatic heterocycles. The number of carbonyl (C=O) groups excluding carboxylic acids is 3. The smallest absolute Gasteiger partial charge is 0.264 e. The minimum absolute atomic E-state index is 0.0346. The number of fused-ring (bicyclic) bond motifs is 2. The third-order valence-electron chi connectivity index (χ3n) is 13.1. The van der Waals surface area contributed by atoms with Crippen molar-refractivity contribution >= 4 is 45.6 Å². The third kappa shape index (κ3) is 6.35. The number of aliphatic hydroxyl groups excluding tert-OH is 1. The van der Waals surface area contributed by atoms with Gasteiger partial charge in [-0.05, 0) is 70.0 Å². The lowest BCUT2D eigenvalue weighted by molar-refractivity contribution is -0.150. The fourth-order valence-corrected chi connectivity index (χ4v) is 10.2. The number of hydrogen-bond acceptors (Lipinski definition) is 6. The zero-order chi connectivity index (χ0) is 41.8. The van der Waals surface area contributed by atoms with Gasteiger partial charge in [0.05, 0.1) is 49.7 Å². The topological polar surface area (TPSA) is 99.6 Å². The van der Waals surface area contributed by atoms with Crippen molar-refractivity contribution in [2.45, 2.75) is 57.4 Å². The zero-order valence-electron chi connectivity index (χ0n) is 34.4. The summed E-state index contributed by atoms with van der Waals surface area (Å²) < 4.78 is 12.7. The van der Waals surface area contributed by atoms with Crippen LogP contribution in [0.5, 0.6) is 5.75 Å². The monoisotopic (exact) mass is 799 g/mol. The number of ether oxygens (including phenoxy) is 2. The molecule has 1 spiro atoms. The van der Waals surface area contributed by atoms with Gasteiger partial charge in [0.25, 0.3) is 11.8 Å². The van der Waals surface area contributed by atoms with Crippen LogP contribution in [0.25, 0.3) is 10.8 Å². The molecule has 9 rings (SSSR count). The molecule has 304 valence electrons. The van der Waals surface area contributed by atoms with E-state index in [0.29, 0.717) is 12.1 Å². The summed E-state index contributed by atoms with van der Waals surface area (Å²) in [7, 11) is 1.64. The number of para-hydroxylation sites is 1. The van der Waals surface area contributed by atoms with E-state index in [1.807, 2.05) is 132 Å². The summed E-state index contributed by atoms with van der Waals surface area (Å²) in [6, 6.07) is 45.2. The van der Waals surface area contributed by atoms with Crippen molar-refractivity contribution in [3.05, 3.63) is 167 Å². The Morgan fingerprint density at radius 1 is 0.817 bits per heavy atom. The van der Waals surface area contributed by atoms with Crippen LogP contribution in [0.15, 0.2) is 140 Å². The van der Waals surface area contributed by atoms with Crippen molar-refractivity contribution < 1.29 is 29.0 Å². The van der Waals surface area contributed by atoms with E-state index in [-0.39, 0.29) is 55.7 Å². The van der Waals surface area contributed by atoms with Gasteiger partial charge >= 0.3 is 0 Å². The van der Waals surface area contributed by atoms with Crippen LogP contribution >= 0.6 is 0 Å². The number of nitrogens with zero attached hydrogens (tertiary/aromatic N) is 3. The first-order valence-electron chi connectivity index (χ1n) is 20.7. The van der Waals surface area contributed by atoms with Crippen molar-refractivity contribution in [2.24, 2.45) is 11.8 Å². The molecule has 3 aliphatic rings. The first-order chi connectivity index (χ1) is 29.1. The number of methoxy groups -OCH3 is 1. The lowest BCUT2D eigenvalue weighted by Crippen LogP contribution is -2.45. The molecule has 0 saturated carbocycles. The van der Waals surface area contributed by atoms with Gasteiger partial charge in [0.15, 0.2) is 5.60 Å². The summed E-state index contributed by atoms with van der Waals surface area (Å²) in [5.74, 6) is -0.257. The quantitative estimate of drug-likeness (QED) is 0.133. The van der Waals surface area contributed by atoms with Crippen molar-refractivity contribution in [1.29, 1.82) is 0 Å². The van der Waals surface area contributed by atoms with Gasteiger partial charge in [-0.1, -0.05) is 118 Å². The van der Waals surface area contributed by atoms with Crippen molar-refractivity contribution in [1.82, 2.24) is 4.90 Å². The molecule has 0 bridgehead atoms. The molecule has 3 amide bonds. The average Bonchev–Trinajstić information content (AvgIpc) is 3.82. The van der Waals surface area contributed by atoms with Gasteiger partial charge < -0.3 is 24.4 Å². The second-order valence-electron chi connectivity index (χ2n) is 16.8. The van der Waals surface area contributed by atoms with E-state index in [2.05, 4.69) is 32.9 Å². The highest BCUT2D eigenvalue weighted by atomic mass is 16.5. The standard InChI is InChI=1S/C51H49N3O6/c1-33-47(50(2,3)37-22-26-39(59-4)27-23-37)44(30-45(56)52(28-29-55)31-34-12-6-5-7-13-34)60-51(33)41-17-8-9-18-42(41)53(49(51)58)32-35-20-24-38(25-21-35)54-43-19-11-15-36-14-10-16-40(46(36)43)48(54)57/h5-27,33,44,47,55H,28-32H2,1-4H3/t33-,44+,47-,51+/m1/s1. The Kier molecular flexibility index (Phi) is 10.0. The predicted octanol–water partition coefficient (Wildman–Crippen LogP) is 8.92. The Balaban J connectivity index is 1.05. The van der Waals surface area contributed by atoms with Gasteiger partial charge in [0.1, 0.15) is 5.75 Å². The second-order valence-corrected chi connectivity index (χ2v) is 16.8. The molecule has 1 fully saturated rings. The Morgan fingerprint density at radius 3 is 2.22 bits per heavy atom. The molecule has 0 unspecified atom stereocenters. The minimum Gasteiger partial charge on any atom is -0.497 e. The highest BCUT2D eigenvalue weighted by Crippen LogP contribution is 2.60. The van der Waals surface area contributed by atoms with E-state index < -0.39 is 17.1 Å². The SMILES string of the molecule is COc1ccc(C(C)(C)[C@H]2[C@H](CC(=O)N(CCO)Cc3ccccc3)O[C@@]3(C(=O)N(Cc4ccc(N5C(=O)c6cccc7cccc5c67)cc4)c4ccccc43)[C@@H]2C)cc1. The van der Waals surface area contributed by atoms with Gasteiger partial charge in [-0.3, -0.25) is 19.3 Å². The number of carbonyl (C=O) groups is 3. The number of benzene rings is 6. The largest absolute Gasteiger partial charge is 0.497 e. The van der Waals surface area contributed by atoms with Crippen molar-refractivity contribution in [2.75, 3.05) is 30.1 Å². The summed E-state index contributed by atoms with van der Waals surface area (Å²) in [4.78, 5) is 48.7. The molecular weight excluding hydrogens is 751 g/mol. The van der Waals surface area contributed by atoms with Gasteiger partial charge in [0.2, 0.25) is 5.91 Å². The Morgan fingerprint density at radius 2 is 1.50 bits per heavy atom. The normalized spacial score (nSPS) is 20.6. The second kappa shape index (κ2) is 15.4. The Hall–Kier alpha value is -6.29. The number of amides is 3. The molecule has 1 N–H and O–H groups in total. The molecule has 6 aromatic carbocycles. The highest BCUT2D eigenvalue weighted by molar-refractivity contribution is 6.27. The molecule has 9 heteroatoms. The van der Waals surface area contributed by atoms with Crippen LogP contribution in [0.3, 0.4) is 0 Å². The van der Waals surface area contributed by atoms with E-state index in [9.17, 15) is 14.7 Å². The number of anilines is 3. The van der Waals surface area contributed by atoms with Gasteiger partial charge in [-0.25, -0.2) is 0 Å². The molecule has 0 radical (unpaired) electrons. The van der Waals surface area contributed by atoms with E-state index in [1.165, 1.54) is 0 Å². The minimum atomic E-state index is -1.36. The summed E-state index contributed by atoms with van der Waals surface area (Å²) >= 11 is 0. The zero-order valence-corrected chi connectivity index (χ0v) is 34.4. The summed E-state index contributed by atoms with van der Waals surface area (Å²) in [6.07, 6.45) is -0.600.